The number of hydrogen-bond donors (Lipinski definition) is 1. The Kier molecular flexibility index (Phi) is 3.63. The zero-order valence-electron chi connectivity index (χ0n) is 11.6. The Morgan fingerprint density at radius 3 is 3.05 bits per heavy atom. The van der Waals surface area contributed by atoms with Gasteiger partial charge in [0.25, 0.3) is 0 Å². The van der Waals surface area contributed by atoms with Gasteiger partial charge in [-0.3, -0.25) is 4.79 Å². The van der Waals surface area contributed by atoms with Crippen molar-refractivity contribution in [3.8, 4) is 11.6 Å². The van der Waals surface area contributed by atoms with Gasteiger partial charge in [0.2, 0.25) is 11.7 Å². The van der Waals surface area contributed by atoms with E-state index < -0.39 is 0 Å². The molecule has 0 saturated carbocycles. The summed E-state index contributed by atoms with van der Waals surface area (Å²) in [5, 5.41) is 15.7. The fourth-order valence-corrected chi connectivity index (χ4v) is 1.95. The van der Waals surface area contributed by atoms with E-state index in [-0.39, 0.29) is 12.5 Å². The molecule has 0 aliphatic carbocycles. The molecular formula is C14H15N5O2. The van der Waals surface area contributed by atoms with E-state index in [4.69, 9.17) is 4.42 Å². The number of nitrogens with zero attached hydrogens (tertiary/aromatic N) is 4. The minimum absolute atomic E-state index is 0.0488. The van der Waals surface area contributed by atoms with Gasteiger partial charge in [0.15, 0.2) is 5.76 Å². The molecule has 0 saturated heterocycles. The van der Waals surface area contributed by atoms with E-state index in [1.165, 1.54) is 4.80 Å². The number of aromatic nitrogens is 4. The minimum Gasteiger partial charge on any atom is -0.453 e. The van der Waals surface area contributed by atoms with Crippen LogP contribution in [0.4, 0.5) is 0 Å². The molecule has 0 bridgehead atoms. The summed E-state index contributed by atoms with van der Waals surface area (Å²) in [5.74, 6) is 0.774. The fourth-order valence-electron chi connectivity index (χ4n) is 1.95. The van der Waals surface area contributed by atoms with Crippen LogP contribution in [0.2, 0.25) is 0 Å². The van der Waals surface area contributed by atoms with Crippen LogP contribution in [0.1, 0.15) is 13.3 Å². The van der Waals surface area contributed by atoms with Crippen LogP contribution in [0.15, 0.2) is 34.7 Å². The number of furan rings is 1. The number of hydrogen-bond acceptors (Lipinski definition) is 5. The molecule has 0 spiro atoms. The summed E-state index contributed by atoms with van der Waals surface area (Å²) in [6, 6.07) is 9.52. The monoisotopic (exact) mass is 285 g/mol. The topological polar surface area (TPSA) is 85.8 Å². The maximum Gasteiger partial charge on any atom is 0.243 e. The van der Waals surface area contributed by atoms with Gasteiger partial charge < -0.3 is 9.73 Å². The van der Waals surface area contributed by atoms with Crippen molar-refractivity contribution < 1.29 is 9.21 Å². The number of para-hydroxylation sites is 1. The summed E-state index contributed by atoms with van der Waals surface area (Å²) < 4.78 is 5.66. The van der Waals surface area contributed by atoms with Crippen LogP contribution in [0, 0.1) is 0 Å². The van der Waals surface area contributed by atoms with Gasteiger partial charge >= 0.3 is 0 Å². The summed E-state index contributed by atoms with van der Waals surface area (Å²) in [4.78, 5) is 12.9. The summed E-state index contributed by atoms with van der Waals surface area (Å²) in [6.07, 6.45) is 0.890. The number of carbonyl (C=O) groups excluding carboxylic acids is 1. The summed E-state index contributed by atoms with van der Waals surface area (Å²) in [6.45, 7) is 2.69. The average molecular weight is 285 g/mol. The molecule has 7 nitrogen and oxygen atoms in total. The van der Waals surface area contributed by atoms with E-state index in [9.17, 15) is 4.79 Å². The summed E-state index contributed by atoms with van der Waals surface area (Å²) in [5.41, 5.74) is 0.768. The molecule has 0 aliphatic heterocycles. The largest absolute Gasteiger partial charge is 0.453 e. The van der Waals surface area contributed by atoms with Gasteiger partial charge in [-0.05, 0) is 23.8 Å². The molecular weight excluding hydrogens is 270 g/mol. The third-order valence-corrected chi connectivity index (χ3v) is 2.96. The van der Waals surface area contributed by atoms with Crippen molar-refractivity contribution in [2.24, 2.45) is 0 Å². The highest BCUT2D eigenvalue weighted by molar-refractivity contribution is 5.81. The van der Waals surface area contributed by atoms with Gasteiger partial charge in [-0.1, -0.05) is 25.1 Å². The van der Waals surface area contributed by atoms with Gasteiger partial charge in [0.1, 0.15) is 12.1 Å². The Morgan fingerprint density at radius 2 is 2.24 bits per heavy atom. The van der Waals surface area contributed by atoms with Crippen LogP contribution in [0.25, 0.3) is 22.6 Å². The molecule has 1 N–H and O–H groups in total. The smallest absolute Gasteiger partial charge is 0.243 e. The Morgan fingerprint density at radius 1 is 1.38 bits per heavy atom. The van der Waals surface area contributed by atoms with E-state index in [2.05, 4.69) is 20.7 Å². The highest BCUT2D eigenvalue weighted by Gasteiger charge is 2.13. The quantitative estimate of drug-likeness (QED) is 0.769. The lowest BCUT2D eigenvalue weighted by molar-refractivity contribution is -0.122. The lowest BCUT2D eigenvalue weighted by Gasteiger charge is -2.00. The Bertz CT molecular complexity index is 728. The number of benzene rings is 1. The van der Waals surface area contributed by atoms with Gasteiger partial charge in [-0.25, -0.2) is 0 Å². The summed E-state index contributed by atoms with van der Waals surface area (Å²) >= 11 is 0. The minimum atomic E-state index is -0.134. The number of amides is 1. The van der Waals surface area contributed by atoms with E-state index in [1.807, 2.05) is 37.3 Å². The second kappa shape index (κ2) is 5.74. The van der Waals surface area contributed by atoms with Crippen LogP contribution in [0.3, 0.4) is 0 Å². The molecule has 0 aliphatic rings. The zero-order valence-corrected chi connectivity index (χ0v) is 11.6. The molecule has 2 aromatic heterocycles. The van der Waals surface area contributed by atoms with Crippen LogP contribution in [-0.4, -0.2) is 32.7 Å². The molecule has 0 unspecified atom stereocenters. The summed E-state index contributed by atoms with van der Waals surface area (Å²) in [7, 11) is 0. The molecule has 108 valence electrons. The van der Waals surface area contributed by atoms with E-state index in [0.29, 0.717) is 18.1 Å². The third-order valence-electron chi connectivity index (χ3n) is 2.96. The number of carbonyl (C=O) groups is 1. The second-order valence-electron chi connectivity index (χ2n) is 4.64. The van der Waals surface area contributed by atoms with Gasteiger partial charge in [0, 0.05) is 11.9 Å². The first-order valence-electron chi connectivity index (χ1n) is 6.79. The highest BCUT2D eigenvalue weighted by Crippen LogP contribution is 2.24. The van der Waals surface area contributed by atoms with E-state index in [1.54, 1.807) is 0 Å². The molecule has 7 heteroatoms. The average Bonchev–Trinajstić information content (AvgIpc) is 3.10. The Labute approximate surface area is 120 Å². The molecule has 3 aromatic rings. The molecule has 0 atom stereocenters. The van der Waals surface area contributed by atoms with Crippen molar-refractivity contribution in [1.29, 1.82) is 0 Å². The molecule has 3 rings (SSSR count). The third kappa shape index (κ3) is 2.91. The van der Waals surface area contributed by atoms with Crippen molar-refractivity contribution in [1.82, 2.24) is 25.5 Å². The van der Waals surface area contributed by atoms with Crippen molar-refractivity contribution in [2.45, 2.75) is 19.9 Å². The van der Waals surface area contributed by atoms with Crippen LogP contribution < -0.4 is 5.32 Å². The first-order chi connectivity index (χ1) is 10.3. The Hall–Kier alpha value is -2.70. The zero-order chi connectivity index (χ0) is 14.7. The van der Waals surface area contributed by atoms with Crippen LogP contribution >= 0.6 is 0 Å². The maximum absolute atomic E-state index is 11.6. The number of fused-ring (bicyclic) bond motifs is 1. The standard InChI is InChI=1S/C14H15N5O2/c1-2-7-15-13(20)9-19-17-14(16-18-19)12-8-10-5-3-4-6-11(10)21-12/h3-6,8H,2,7,9H2,1H3,(H,15,20). The predicted molar refractivity (Wildman–Crippen MR) is 76.3 cm³/mol. The van der Waals surface area contributed by atoms with Crippen LogP contribution in [0.5, 0.6) is 0 Å². The van der Waals surface area contributed by atoms with Gasteiger partial charge in [-0.2, -0.15) is 4.80 Å². The number of tetrazole rings is 1. The van der Waals surface area contributed by atoms with E-state index in [0.717, 1.165) is 17.4 Å². The van der Waals surface area contributed by atoms with Crippen LogP contribution in [-0.2, 0) is 11.3 Å². The predicted octanol–water partition coefficient (Wildman–Crippen LogP) is 1.61. The number of rotatable bonds is 5. The van der Waals surface area contributed by atoms with E-state index >= 15 is 0 Å². The second-order valence-corrected chi connectivity index (χ2v) is 4.64. The molecule has 2 heterocycles. The van der Waals surface area contributed by atoms with Gasteiger partial charge in [0.05, 0.1) is 0 Å². The number of nitrogens with one attached hydrogen (secondary N) is 1. The lowest BCUT2D eigenvalue weighted by atomic mass is 10.2. The SMILES string of the molecule is CCCNC(=O)Cn1nnc(-c2cc3ccccc3o2)n1. The molecule has 0 radical (unpaired) electrons. The normalized spacial score (nSPS) is 10.9. The fraction of sp³-hybridized carbons (Fsp3) is 0.286. The maximum atomic E-state index is 11.6. The molecule has 21 heavy (non-hydrogen) atoms. The van der Waals surface area contributed by atoms with Gasteiger partial charge in [-0.15, -0.1) is 10.2 Å². The molecule has 1 aromatic carbocycles. The van der Waals surface area contributed by atoms with Crippen molar-refractivity contribution >= 4 is 16.9 Å². The first-order valence-corrected chi connectivity index (χ1v) is 6.79. The highest BCUT2D eigenvalue weighted by atomic mass is 16.3. The molecule has 0 fully saturated rings. The first kappa shape index (κ1) is 13.3. The Balaban J connectivity index is 1.76. The molecule has 1 amide bonds. The van der Waals surface area contributed by atoms with Crippen molar-refractivity contribution in [3.63, 3.8) is 0 Å². The lowest BCUT2D eigenvalue weighted by Crippen LogP contribution is -2.29. The van der Waals surface area contributed by atoms with Crippen molar-refractivity contribution in [3.05, 3.63) is 30.3 Å². The van der Waals surface area contributed by atoms with Crippen molar-refractivity contribution in [2.75, 3.05) is 6.54 Å².